The molecule has 3 N–H and O–H groups in total. The predicted molar refractivity (Wildman–Crippen MR) is 68.1 cm³/mol. The zero-order valence-electron chi connectivity index (χ0n) is 10.9. The summed E-state index contributed by atoms with van der Waals surface area (Å²) in [6, 6.07) is -0.301. The molecule has 7 nitrogen and oxygen atoms in total. The van der Waals surface area contributed by atoms with E-state index in [-0.39, 0.29) is 12.6 Å². The molecule has 0 saturated carbocycles. The molecule has 2 amide bonds. The highest BCUT2D eigenvalue weighted by molar-refractivity contribution is 5.87. The van der Waals surface area contributed by atoms with Crippen LogP contribution in [0.15, 0.2) is 6.33 Å². The molecular formula is C11H21N5O2. The fourth-order valence-corrected chi connectivity index (χ4v) is 1.73. The zero-order valence-corrected chi connectivity index (χ0v) is 10.9. The smallest absolute Gasteiger partial charge is 0.321 e. The van der Waals surface area contributed by atoms with Crippen LogP contribution in [-0.2, 0) is 7.05 Å². The van der Waals surface area contributed by atoms with Gasteiger partial charge < -0.3 is 10.4 Å². The Hall–Kier alpha value is -1.63. The Kier molecular flexibility index (Phi) is 6.13. The largest absolute Gasteiger partial charge is 0.396 e. The molecule has 1 aromatic heterocycles. The van der Waals surface area contributed by atoms with Crippen molar-refractivity contribution in [1.29, 1.82) is 0 Å². The predicted octanol–water partition coefficient (Wildman–Crippen LogP) is 0.735. The monoisotopic (exact) mass is 255 g/mol. The number of carbonyl (C=O) groups is 1. The van der Waals surface area contributed by atoms with E-state index in [1.54, 1.807) is 7.05 Å². The molecule has 0 aliphatic heterocycles. The molecule has 0 bridgehead atoms. The van der Waals surface area contributed by atoms with Gasteiger partial charge in [-0.15, -0.1) is 0 Å². The quantitative estimate of drug-likeness (QED) is 0.670. The number of nitrogens with one attached hydrogen (secondary N) is 2. The molecule has 1 aromatic rings. The topological polar surface area (TPSA) is 92.1 Å². The van der Waals surface area contributed by atoms with E-state index in [4.69, 9.17) is 5.11 Å². The Morgan fingerprint density at radius 2 is 2.33 bits per heavy atom. The van der Waals surface area contributed by atoms with Crippen LogP contribution >= 0.6 is 0 Å². The molecule has 0 aliphatic carbocycles. The maximum atomic E-state index is 11.6. The van der Waals surface area contributed by atoms with Crippen molar-refractivity contribution in [2.75, 3.05) is 18.5 Å². The van der Waals surface area contributed by atoms with Crippen LogP contribution in [0.2, 0.25) is 0 Å². The highest BCUT2D eigenvalue weighted by Gasteiger charge is 2.10. The lowest BCUT2D eigenvalue weighted by atomic mass is 10.0. The van der Waals surface area contributed by atoms with Crippen LogP contribution in [0.1, 0.15) is 26.2 Å². The molecule has 1 unspecified atom stereocenters. The van der Waals surface area contributed by atoms with E-state index in [9.17, 15) is 4.79 Å². The minimum atomic E-state index is -0.301. The van der Waals surface area contributed by atoms with Crippen LogP contribution < -0.4 is 10.6 Å². The van der Waals surface area contributed by atoms with E-state index in [1.807, 2.05) is 0 Å². The summed E-state index contributed by atoms with van der Waals surface area (Å²) in [5, 5.41) is 18.2. The van der Waals surface area contributed by atoms with E-state index >= 15 is 0 Å². The van der Waals surface area contributed by atoms with Gasteiger partial charge in [0.05, 0.1) is 0 Å². The maximum absolute atomic E-state index is 11.6. The summed E-state index contributed by atoms with van der Waals surface area (Å²) in [5.74, 6) is 0.715. The molecule has 102 valence electrons. The second-order valence-electron chi connectivity index (χ2n) is 4.21. The molecule has 0 radical (unpaired) electrons. The number of hydrogen-bond acceptors (Lipinski definition) is 4. The third-order valence-electron chi connectivity index (χ3n) is 2.72. The fraction of sp³-hybridized carbons (Fsp3) is 0.727. The van der Waals surface area contributed by atoms with Gasteiger partial charge in [0.1, 0.15) is 6.33 Å². The third kappa shape index (κ3) is 4.70. The van der Waals surface area contributed by atoms with Gasteiger partial charge in [0.2, 0.25) is 5.95 Å². The van der Waals surface area contributed by atoms with Crippen molar-refractivity contribution >= 4 is 12.0 Å². The third-order valence-corrected chi connectivity index (χ3v) is 2.72. The molecule has 1 atom stereocenters. The van der Waals surface area contributed by atoms with Gasteiger partial charge in [0.15, 0.2) is 0 Å². The molecule has 0 aliphatic rings. The van der Waals surface area contributed by atoms with Crippen molar-refractivity contribution in [3.05, 3.63) is 6.33 Å². The van der Waals surface area contributed by atoms with Crippen molar-refractivity contribution in [3.8, 4) is 0 Å². The summed E-state index contributed by atoms with van der Waals surface area (Å²) in [6.07, 6.45) is 4.11. The summed E-state index contributed by atoms with van der Waals surface area (Å²) >= 11 is 0. The fourth-order valence-electron chi connectivity index (χ4n) is 1.73. The number of aliphatic hydroxyl groups excluding tert-OH is 1. The summed E-state index contributed by atoms with van der Waals surface area (Å²) in [4.78, 5) is 15.5. The SMILES string of the molecule is CCCC(CCO)CNC(=O)Nc1ncnn1C. The van der Waals surface area contributed by atoms with E-state index in [1.165, 1.54) is 11.0 Å². The minimum absolute atomic E-state index is 0.150. The van der Waals surface area contributed by atoms with Gasteiger partial charge in [-0.1, -0.05) is 13.3 Å². The van der Waals surface area contributed by atoms with E-state index in [0.29, 0.717) is 24.8 Å². The summed E-state index contributed by atoms with van der Waals surface area (Å²) in [6.45, 7) is 2.79. The van der Waals surface area contributed by atoms with Gasteiger partial charge in [-0.05, 0) is 18.8 Å². The first-order valence-corrected chi connectivity index (χ1v) is 6.17. The lowest BCUT2D eigenvalue weighted by Gasteiger charge is -2.15. The van der Waals surface area contributed by atoms with Crippen molar-refractivity contribution in [3.63, 3.8) is 0 Å². The number of amides is 2. The molecule has 0 saturated heterocycles. The summed E-state index contributed by atoms with van der Waals surface area (Å²) in [5.41, 5.74) is 0. The average molecular weight is 255 g/mol. The number of rotatable bonds is 7. The number of urea groups is 1. The Morgan fingerprint density at radius 3 is 2.89 bits per heavy atom. The van der Waals surface area contributed by atoms with Gasteiger partial charge in [0.25, 0.3) is 0 Å². The normalized spacial score (nSPS) is 12.2. The van der Waals surface area contributed by atoms with Gasteiger partial charge in [-0.3, -0.25) is 5.32 Å². The molecule has 1 rings (SSSR count). The summed E-state index contributed by atoms with van der Waals surface area (Å²) in [7, 11) is 1.70. The molecule has 0 spiro atoms. The first-order chi connectivity index (χ1) is 8.67. The molecule has 7 heteroatoms. The number of anilines is 1. The maximum Gasteiger partial charge on any atom is 0.321 e. The lowest BCUT2D eigenvalue weighted by Crippen LogP contribution is -2.34. The average Bonchev–Trinajstić information content (AvgIpc) is 2.73. The number of carbonyl (C=O) groups excluding carboxylic acids is 1. The second kappa shape index (κ2) is 7.65. The van der Waals surface area contributed by atoms with Crippen molar-refractivity contribution < 1.29 is 9.90 Å². The Morgan fingerprint density at radius 1 is 1.56 bits per heavy atom. The zero-order chi connectivity index (χ0) is 13.4. The molecule has 18 heavy (non-hydrogen) atoms. The lowest BCUT2D eigenvalue weighted by molar-refractivity contribution is 0.236. The Labute approximate surface area is 107 Å². The molecule has 1 heterocycles. The summed E-state index contributed by atoms with van der Waals surface area (Å²) < 4.78 is 1.48. The van der Waals surface area contributed by atoms with E-state index in [0.717, 1.165) is 12.8 Å². The van der Waals surface area contributed by atoms with Crippen LogP contribution in [0.5, 0.6) is 0 Å². The van der Waals surface area contributed by atoms with Gasteiger partial charge in [-0.25, -0.2) is 9.48 Å². The number of hydrogen-bond donors (Lipinski definition) is 3. The Bertz CT molecular complexity index is 360. The number of nitrogens with zero attached hydrogens (tertiary/aromatic N) is 3. The van der Waals surface area contributed by atoms with Crippen LogP contribution in [-0.4, -0.2) is 39.1 Å². The van der Waals surface area contributed by atoms with Crippen molar-refractivity contribution in [2.45, 2.75) is 26.2 Å². The van der Waals surface area contributed by atoms with Crippen LogP contribution in [0, 0.1) is 5.92 Å². The number of aryl methyl sites for hydroxylation is 1. The van der Waals surface area contributed by atoms with E-state index < -0.39 is 0 Å². The Balaban J connectivity index is 2.33. The number of aromatic nitrogens is 3. The first-order valence-electron chi connectivity index (χ1n) is 6.17. The molecular weight excluding hydrogens is 234 g/mol. The van der Waals surface area contributed by atoms with E-state index in [2.05, 4.69) is 27.6 Å². The minimum Gasteiger partial charge on any atom is -0.396 e. The first kappa shape index (κ1) is 14.4. The van der Waals surface area contributed by atoms with Crippen LogP contribution in [0.4, 0.5) is 10.7 Å². The van der Waals surface area contributed by atoms with Gasteiger partial charge in [-0.2, -0.15) is 10.1 Å². The number of aliphatic hydroxyl groups is 1. The highest BCUT2D eigenvalue weighted by Crippen LogP contribution is 2.09. The van der Waals surface area contributed by atoms with Crippen LogP contribution in [0.3, 0.4) is 0 Å². The van der Waals surface area contributed by atoms with Crippen LogP contribution in [0.25, 0.3) is 0 Å². The standard InChI is InChI=1S/C11H21N5O2/c1-3-4-9(5-6-17)7-12-11(18)15-10-13-8-14-16(10)2/h8-9,17H,3-7H2,1-2H3,(H2,12,13,14,15,18). The van der Waals surface area contributed by atoms with Gasteiger partial charge >= 0.3 is 6.03 Å². The van der Waals surface area contributed by atoms with Crippen molar-refractivity contribution in [2.24, 2.45) is 13.0 Å². The van der Waals surface area contributed by atoms with Crippen molar-refractivity contribution in [1.82, 2.24) is 20.1 Å². The van der Waals surface area contributed by atoms with Gasteiger partial charge in [0, 0.05) is 20.2 Å². The molecule has 0 aromatic carbocycles. The highest BCUT2D eigenvalue weighted by atomic mass is 16.3. The molecule has 0 fully saturated rings. The second-order valence-corrected chi connectivity index (χ2v) is 4.21.